The molecule has 0 bridgehead atoms. The first-order chi connectivity index (χ1) is 9.42. The van der Waals surface area contributed by atoms with Crippen molar-refractivity contribution in [2.24, 2.45) is 5.73 Å². The Morgan fingerprint density at radius 1 is 1.50 bits per heavy atom. The predicted octanol–water partition coefficient (Wildman–Crippen LogP) is -0.451. The zero-order chi connectivity index (χ0) is 15.5. The quantitative estimate of drug-likeness (QED) is 0.470. The fraction of sp³-hybridized carbons (Fsp3) is 0.583. The summed E-state index contributed by atoms with van der Waals surface area (Å²) in [7, 11) is 1.50. The number of rotatable bonds is 10. The highest BCUT2D eigenvalue weighted by Crippen LogP contribution is 2.00. The van der Waals surface area contributed by atoms with Crippen molar-refractivity contribution in [3.63, 3.8) is 0 Å². The van der Waals surface area contributed by atoms with E-state index >= 15 is 0 Å². The normalized spacial score (nSPS) is 11.4. The van der Waals surface area contributed by atoms with Crippen molar-refractivity contribution in [2.75, 3.05) is 26.8 Å². The van der Waals surface area contributed by atoms with Gasteiger partial charge in [0.2, 0.25) is 5.91 Å². The Kier molecular flexibility index (Phi) is 8.77. The van der Waals surface area contributed by atoms with Gasteiger partial charge in [-0.2, -0.15) is 0 Å². The number of nitrogens with zero attached hydrogens (tertiary/aromatic N) is 1. The molecule has 0 aliphatic carbocycles. The molecule has 1 atom stereocenters. The molecule has 0 spiro atoms. The maximum absolute atomic E-state index is 11.9. The van der Waals surface area contributed by atoms with Crippen molar-refractivity contribution in [2.45, 2.75) is 18.9 Å². The number of ether oxygens (including phenoxy) is 1. The Morgan fingerprint density at radius 3 is 2.60 bits per heavy atom. The van der Waals surface area contributed by atoms with E-state index in [1.54, 1.807) is 0 Å². The molecule has 0 unspecified atom stereocenters. The molecule has 114 valence electrons. The molecule has 0 radical (unpaired) electrons. The van der Waals surface area contributed by atoms with Crippen LogP contribution in [0, 0.1) is 0 Å². The van der Waals surface area contributed by atoms with Crippen molar-refractivity contribution in [3.8, 4) is 0 Å². The van der Waals surface area contributed by atoms with E-state index in [-0.39, 0.29) is 19.4 Å². The molecule has 8 heteroatoms. The Balaban J connectivity index is 4.56. The minimum atomic E-state index is -1.22. The number of nitrogens with two attached hydrogens (primary N) is 1. The van der Waals surface area contributed by atoms with Gasteiger partial charge in [0.25, 0.3) is 0 Å². The van der Waals surface area contributed by atoms with Crippen LogP contribution in [-0.2, 0) is 14.3 Å². The summed E-state index contributed by atoms with van der Waals surface area (Å²) in [6.45, 7) is 4.41. The summed E-state index contributed by atoms with van der Waals surface area (Å²) < 4.78 is 4.87. The van der Waals surface area contributed by atoms with Gasteiger partial charge in [-0.25, -0.2) is 9.59 Å². The minimum Gasteiger partial charge on any atom is -0.480 e. The van der Waals surface area contributed by atoms with Crippen molar-refractivity contribution in [3.05, 3.63) is 12.7 Å². The Hall–Kier alpha value is -2.09. The molecule has 0 saturated heterocycles. The first kappa shape index (κ1) is 17.9. The zero-order valence-electron chi connectivity index (χ0n) is 11.5. The van der Waals surface area contributed by atoms with Gasteiger partial charge in [-0.15, -0.1) is 6.58 Å². The Labute approximate surface area is 117 Å². The molecular formula is C12H21N3O5. The highest BCUT2D eigenvalue weighted by molar-refractivity contribution is 5.83. The van der Waals surface area contributed by atoms with E-state index in [1.165, 1.54) is 18.1 Å². The lowest BCUT2D eigenvalue weighted by molar-refractivity contribution is -0.139. The van der Waals surface area contributed by atoms with Crippen molar-refractivity contribution >= 4 is 17.9 Å². The molecule has 0 saturated carbocycles. The molecule has 8 nitrogen and oxygen atoms in total. The minimum absolute atomic E-state index is 0.0530. The summed E-state index contributed by atoms with van der Waals surface area (Å²) in [4.78, 5) is 35.0. The number of hydrogen-bond acceptors (Lipinski definition) is 4. The summed E-state index contributed by atoms with van der Waals surface area (Å²) in [5.41, 5.74) is 4.96. The number of carboxylic acids is 1. The first-order valence-corrected chi connectivity index (χ1v) is 6.08. The first-order valence-electron chi connectivity index (χ1n) is 6.08. The number of amides is 3. The van der Waals surface area contributed by atoms with E-state index in [9.17, 15) is 14.4 Å². The number of nitrogens with one attached hydrogen (secondary N) is 1. The number of carbonyl (C=O) groups excluding carboxylic acids is 2. The van der Waals surface area contributed by atoms with Gasteiger partial charge in [-0.05, 0) is 6.42 Å². The Bertz CT molecular complexity index is 359. The molecule has 0 rings (SSSR count). The van der Waals surface area contributed by atoms with Gasteiger partial charge in [0.05, 0.1) is 6.61 Å². The van der Waals surface area contributed by atoms with E-state index in [0.29, 0.717) is 13.2 Å². The molecule has 20 heavy (non-hydrogen) atoms. The Morgan fingerprint density at radius 2 is 2.15 bits per heavy atom. The van der Waals surface area contributed by atoms with Gasteiger partial charge in [0, 0.05) is 26.6 Å². The maximum Gasteiger partial charge on any atom is 0.326 e. The lowest BCUT2D eigenvalue weighted by Crippen LogP contribution is -2.49. The molecule has 4 N–H and O–H groups in total. The number of urea groups is 1. The lowest BCUT2D eigenvalue weighted by Gasteiger charge is -2.23. The smallest absolute Gasteiger partial charge is 0.326 e. The van der Waals surface area contributed by atoms with Crippen molar-refractivity contribution < 1.29 is 24.2 Å². The van der Waals surface area contributed by atoms with Gasteiger partial charge in [-0.3, -0.25) is 4.79 Å². The van der Waals surface area contributed by atoms with Crippen molar-refractivity contribution in [1.82, 2.24) is 10.2 Å². The third kappa shape index (κ3) is 7.37. The van der Waals surface area contributed by atoms with Crippen LogP contribution in [0.3, 0.4) is 0 Å². The van der Waals surface area contributed by atoms with Gasteiger partial charge in [0.1, 0.15) is 6.04 Å². The number of primary amides is 1. The van der Waals surface area contributed by atoms with Crippen LogP contribution in [0.1, 0.15) is 12.8 Å². The van der Waals surface area contributed by atoms with Gasteiger partial charge >= 0.3 is 12.0 Å². The van der Waals surface area contributed by atoms with E-state index in [0.717, 1.165) is 0 Å². The number of aliphatic carboxylic acids is 1. The monoisotopic (exact) mass is 287 g/mol. The van der Waals surface area contributed by atoms with E-state index in [4.69, 9.17) is 15.6 Å². The average molecular weight is 287 g/mol. The predicted molar refractivity (Wildman–Crippen MR) is 72.0 cm³/mol. The highest BCUT2D eigenvalue weighted by atomic mass is 16.5. The summed E-state index contributed by atoms with van der Waals surface area (Å²) in [5.74, 6) is -1.84. The highest BCUT2D eigenvalue weighted by Gasteiger charge is 2.23. The number of carboxylic acid groups (broad SMARTS) is 1. The second kappa shape index (κ2) is 9.79. The molecule has 0 aromatic carbocycles. The fourth-order valence-electron chi connectivity index (χ4n) is 1.42. The standard InChI is InChI=1S/C12H21N3O5/c1-3-6-15(7-8-20-2)12(19)14-9(11(17)18)4-5-10(13)16/h3,9H,1,4-8H2,2H3,(H2,13,16)(H,14,19)(H,17,18)/t9-/m1/s1. The molecular weight excluding hydrogens is 266 g/mol. The van der Waals surface area contributed by atoms with Gasteiger partial charge < -0.3 is 25.8 Å². The third-order valence-electron chi connectivity index (χ3n) is 2.48. The number of methoxy groups -OCH3 is 1. The van der Waals surface area contributed by atoms with Crippen LogP contribution in [0.2, 0.25) is 0 Å². The van der Waals surface area contributed by atoms with Crippen LogP contribution < -0.4 is 11.1 Å². The maximum atomic E-state index is 11.9. The van der Waals surface area contributed by atoms with E-state index < -0.39 is 23.9 Å². The fourth-order valence-corrected chi connectivity index (χ4v) is 1.42. The number of hydrogen-bond donors (Lipinski definition) is 3. The molecule has 0 aromatic heterocycles. The summed E-state index contributed by atoms with van der Waals surface area (Å²) in [6.07, 6.45) is 1.35. The third-order valence-corrected chi connectivity index (χ3v) is 2.48. The second-order valence-electron chi connectivity index (χ2n) is 4.07. The summed E-state index contributed by atoms with van der Waals surface area (Å²) >= 11 is 0. The van der Waals surface area contributed by atoms with Crippen LogP contribution >= 0.6 is 0 Å². The summed E-state index contributed by atoms with van der Waals surface area (Å²) in [5, 5.41) is 11.3. The number of carbonyl (C=O) groups is 3. The molecule has 0 fully saturated rings. The van der Waals surface area contributed by atoms with Crippen LogP contribution in [0.25, 0.3) is 0 Å². The van der Waals surface area contributed by atoms with Crippen LogP contribution in [0.5, 0.6) is 0 Å². The molecule has 3 amide bonds. The second-order valence-corrected chi connectivity index (χ2v) is 4.07. The lowest BCUT2D eigenvalue weighted by atomic mass is 10.1. The van der Waals surface area contributed by atoms with Crippen LogP contribution in [-0.4, -0.2) is 60.8 Å². The van der Waals surface area contributed by atoms with Gasteiger partial charge in [0.15, 0.2) is 0 Å². The van der Waals surface area contributed by atoms with Crippen LogP contribution in [0.15, 0.2) is 12.7 Å². The SMILES string of the molecule is C=CCN(CCOC)C(=O)N[C@H](CCC(N)=O)C(=O)O. The van der Waals surface area contributed by atoms with E-state index in [2.05, 4.69) is 11.9 Å². The zero-order valence-corrected chi connectivity index (χ0v) is 11.5. The van der Waals surface area contributed by atoms with E-state index in [1.807, 2.05) is 0 Å². The van der Waals surface area contributed by atoms with Crippen LogP contribution in [0.4, 0.5) is 4.79 Å². The molecule has 0 aliphatic heterocycles. The largest absolute Gasteiger partial charge is 0.480 e. The molecule has 0 heterocycles. The average Bonchev–Trinajstić information content (AvgIpc) is 2.38. The molecule has 0 aliphatic rings. The topological polar surface area (TPSA) is 122 Å². The van der Waals surface area contributed by atoms with Gasteiger partial charge in [-0.1, -0.05) is 6.08 Å². The summed E-state index contributed by atoms with van der Waals surface area (Å²) in [6, 6.07) is -1.72. The molecule has 0 aromatic rings. The van der Waals surface area contributed by atoms with Crippen molar-refractivity contribution in [1.29, 1.82) is 0 Å².